The van der Waals surface area contributed by atoms with Crippen molar-refractivity contribution in [2.24, 2.45) is 0 Å². The Morgan fingerprint density at radius 1 is 1.23 bits per heavy atom. The van der Waals surface area contributed by atoms with Crippen LogP contribution in [-0.2, 0) is 4.79 Å². The molecule has 2 N–H and O–H groups in total. The average Bonchev–Trinajstić information content (AvgIpc) is 3.10. The molecule has 3 rings (SSSR count). The van der Waals surface area contributed by atoms with Crippen molar-refractivity contribution in [3.8, 4) is 11.5 Å². The van der Waals surface area contributed by atoms with E-state index in [0.29, 0.717) is 6.54 Å². The molecule has 0 radical (unpaired) electrons. The highest BCUT2D eigenvalue weighted by Crippen LogP contribution is 2.31. The smallest absolute Gasteiger partial charge is 0.279 e. The van der Waals surface area contributed by atoms with Gasteiger partial charge in [-0.05, 0) is 40.2 Å². The molecule has 1 aliphatic heterocycles. The third kappa shape index (κ3) is 4.19. The second-order valence-electron chi connectivity index (χ2n) is 6.42. The Kier molecular flexibility index (Phi) is 6.16. The van der Waals surface area contributed by atoms with Crippen molar-refractivity contribution >= 4 is 27.5 Å². The minimum absolute atomic E-state index is 0.0197. The van der Waals surface area contributed by atoms with Gasteiger partial charge in [0.05, 0.1) is 32.0 Å². The number of quaternary nitrogens is 1. The number of likely N-dealkylation sites (tertiary alicyclic amines) is 1. The molecule has 2 aromatic carbocycles. The van der Waals surface area contributed by atoms with E-state index in [1.807, 2.05) is 36.4 Å². The van der Waals surface area contributed by atoms with E-state index in [9.17, 15) is 4.79 Å². The van der Waals surface area contributed by atoms with Gasteiger partial charge in [-0.1, -0.05) is 12.1 Å². The Morgan fingerprint density at radius 2 is 2.04 bits per heavy atom. The number of carbonyl (C=O) groups is 1. The number of nitrogens with one attached hydrogen (secondary N) is 2. The average molecular weight is 420 g/mol. The monoisotopic (exact) mass is 419 g/mol. The second-order valence-corrected chi connectivity index (χ2v) is 7.27. The van der Waals surface area contributed by atoms with Gasteiger partial charge in [-0.25, -0.2) is 0 Å². The fourth-order valence-corrected chi connectivity index (χ4v) is 3.95. The number of amides is 1. The molecule has 1 saturated heterocycles. The summed E-state index contributed by atoms with van der Waals surface area (Å²) in [6.45, 7) is 1.41. The van der Waals surface area contributed by atoms with Crippen LogP contribution in [0.15, 0.2) is 46.9 Å². The first-order valence-electron chi connectivity index (χ1n) is 8.73. The summed E-state index contributed by atoms with van der Waals surface area (Å²) in [5, 5.41) is 3.00. The molecule has 1 fully saturated rings. The number of hydrogen-bond donors (Lipinski definition) is 2. The first-order valence-corrected chi connectivity index (χ1v) is 9.52. The molecule has 0 saturated carbocycles. The highest BCUT2D eigenvalue weighted by Gasteiger charge is 2.33. The zero-order valence-electron chi connectivity index (χ0n) is 15.0. The van der Waals surface area contributed by atoms with Crippen molar-refractivity contribution in [1.82, 2.24) is 0 Å². The van der Waals surface area contributed by atoms with Gasteiger partial charge < -0.3 is 19.7 Å². The largest absolute Gasteiger partial charge is 0.497 e. The maximum Gasteiger partial charge on any atom is 0.279 e. The van der Waals surface area contributed by atoms with E-state index in [2.05, 4.69) is 27.3 Å². The first kappa shape index (κ1) is 18.7. The molecule has 2 aromatic rings. The second kappa shape index (κ2) is 8.56. The third-order valence-corrected chi connectivity index (χ3v) is 5.53. The van der Waals surface area contributed by atoms with E-state index in [1.54, 1.807) is 14.2 Å². The molecule has 138 valence electrons. The van der Waals surface area contributed by atoms with Crippen LogP contribution in [0.2, 0.25) is 0 Å². The Balaban J connectivity index is 1.72. The van der Waals surface area contributed by atoms with Crippen LogP contribution < -0.4 is 19.7 Å². The summed E-state index contributed by atoms with van der Waals surface area (Å²) in [5.41, 5.74) is 1.93. The summed E-state index contributed by atoms with van der Waals surface area (Å²) < 4.78 is 11.7. The molecule has 1 amide bonds. The topological polar surface area (TPSA) is 52.0 Å². The normalized spacial score (nSPS) is 19.2. The number of ether oxygens (including phenoxy) is 2. The number of para-hydroxylation sites is 1. The van der Waals surface area contributed by atoms with Crippen molar-refractivity contribution < 1.29 is 19.2 Å². The standard InChI is InChI=1S/C20H23BrN2O3/c1-25-14-9-10-15(19(12-14)26-2)18-8-5-11-23(18)13-20(24)22-17-7-4-3-6-16(17)21/h3-4,6-7,9-10,12,18H,5,8,11,13H2,1-2H3,(H,22,24)/p+1/t18-/m1/s1. The number of methoxy groups -OCH3 is 2. The molecule has 1 aliphatic rings. The molecule has 0 aliphatic carbocycles. The molecule has 5 nitrogen and oxygen atoms in total. The summed E-state index contributed by atoms with van der Waals surface area (Å²) >= 11 is 3.47. The third-order valence-electron chi connectivity index (χ3n) is 4.84. The van der Waals surface area contributed by atoms with E-state index in [-0.39, 0.29) is 11.9 Å². The molecule has 1 unspecified atom stereocenters. The lowest BCUT2D eigenvalue weighted by molar-refractivity contribution is -0.910. The Labute approximate surface area is 162 Å². The summed E-state index contributed by atoms with van der Waals surface area (Å²) in [5.74, 6) is 1.61. The minimum atomic E-state index is 0.0197. The molecule has 26 heavy (non-hydrogen) atoms. The van der Waals surface area contributed by atoms with E-state index in [0.717, 1.165) is 46.6 Å². The quantitative estimate of drug-likeness (QED) is 0.756. The highest BCUT2D eigenvalue weighted by atomic mass is 79.9. The van der Waals surface area contributed by atoms with Crippen LogP contribution in [0.5, 0.6) is 11.5 Å². The van der Waals surface area contributed by atoms with Gasteiger partial charge in [0.1, 0.15) is 17.5 Å². The Bertz CT molecular complexity index is 781. The van der Waals surface area contributed by atoms with Gasteiger partial charge in [-0.3, -0.25) is 4.79 Å². The van der Waals surface area contributed by atoms with Crippen LogP contribution in [0.1, 0.15) is 24.4 Å². The molecule has 6 heteroatoms. The molecule has 0 spiro atoms. The van der Waals surface area contributed by atoms with Crippen molar-refractivity contribution in [1.29, 1.82) is 0 Å². The number of anilines is 1. The van der Waals surface area contributed by atoms with Crippen LogP contribution in [-0.4, -0.2) is 33.2 Å². The summed E-state index contributed by atoms with van der Waals surface area (Å²) in [7, 11) is 3.32. The number of benzene rings is 2. The lowest BCUT2D eigenvalue weighted by atomic mass is 10.0. The fourth-order valence-electron chi connectivity index (χ4n) is 3.57. The van der Waals surface area contributed by atoms with E-state index in [1.165, 1.54) is 4.90 Å². The van der Waals surface area contributed by atoms with Crippen LogP contribution >= 0.6 is 15.9 Å². The van der Waals surface area contributed by atoms with Crippen LogP contribution in [0.25, 0.3) is 0 Å². The predicted octanol–water partition coefficient (Wildman–Crippen LogP) is 2.82. The first-order chi connectivity index (χ1) is 12.6. The maximum atomic E-state index is 12.5. The number of hydrogen-bond acceptors (Lipinski definition) is 3. The van der Waals surface area contributed by atoms with Gasteiger partial charge >= 0.3 is 0 Å². The van der Waals surface area contributed by atoms with Gasteiger partial charge in [0, 0.05) is 23.4 Å². The SMILES string of the molecule is COc1ccc([C@H]2CCC[NH+]2CC(=O)Nc2ccccc2Br)c(OC)c1. The maximum absolute atomic E-state index is 12.5. The highest BCUT2D eigenvalue weighted by molar-refractivity contribution is 9.10. The van der Waals surface area contributed by atoms with Gasteiger partial charge in [-0.2, -0.15) is 0 Å². The van der Waals surface area contributed by atoms with Gasteiger partial charge in [0.15, 0.2) is 6.54 Å². The predicted molar refractivity (Wildman–Crippen MR) is 105 cm³/mol. The summed E-state index contributed by atoms with van der Waals surface area (Å²) in [6, 6.07) is 13.8. The Hall–Kier alpha value is -2.05. The van der Waals surface area contributed by atoms with E-state index >= 15 is 0 Å². The molecular formula is C20H24BrN2O3+. The molecule has 0 bridgehead atoms. The zero-order valence-corrected chi connectivity index (χ0v) is 16.6. The molecule has 0 aromatic heterocycles. The molecule has 2 atom stereocenters. The van der Waals surface area contributed by atoms with Crippen LogP contribution in [0.3, 0.4) is 0 Å². The molecular weight excluding hydrogens is 396 g/mol. The van der Waals surface area contributed by atoms with Crippen molar-refractivity contribution in [3.63, 3.8) is 0 Å². The van der Waals surface area contributed by atoms with Gasteiger partial charge in [0.25, 0.3) is 5.91 Å². The minimum Gasteiger partial charge on any atom is -0.497 e. The van der Waals surface area contributed by atoms with Crippen LogP contribution in [0.4, 0.5) is 5.69 Å². The number of rotatable bonds is 6. The summed E-state index contributed by atoms with van der Waals surface area (Å²) in [4.78, 5) is 13.8. The van der Waals surface area contributed by atoms with Gasteiger partial charge in [0.2, 0.25) is 0 Å². The van der Waals surface area contributed by atoms with Gasteiger partial charge in [-0.15, -0.1) is 0 Å². The van der Waals surface area contributed by atoms with Crippen LogP contribution in [0, 0.1) is 0 Å². The van der Waals surface area contributed by atoms with E-state index < -0.39 is 0 Å². The van der Waals surface area contributed by atoms with Crippen molar-refractivity contribution in [2.45, 2.75) is 18.9 Å². The molecule has 1 heterocycles. The fraction of sp³-hybridized carbons (Fsp3) is 0.350. The van der Waals surface area contributed by atoms with Crippen molar-refractivity contribution in [3.05, 3.63) is 52.5 Å². The number of halogens is 1. The van der Waals surface area contributed by atoms with Crippen molar-refractivity contribution in [2.75, 3.05) is 32.6 Å². The van der Waals surface area contributed by atoms with E-state index in [4.69, 9.17) is 9.47 Å². The lowest BCUT2D eigenvalue weighted by Gasteiger charge is -2.23. The number of carbonyl (C=O) groups excluding carboxylic acids is 1. The lowest BCUT2D eigenvalue weighted by Crippen LogP contribution is -3.11. The summed E-state index contributed by atoms with van der Waals surface area (Å²) in [6.07, 6.45) is 2.14. The zero-order chi connectivity index (χ0) is 18.5. The Morgan fingerprint density at radius 3 is 2.77 bits per heavy atom.